The monoisotopic (exact) mass is 475 g/mol. The Morgan fingerprint density at radius 1 is 1.15 bits per heavy atom. The first kappa shape index (κ1) is 21.1. The van der Waals surface area contributed by atoms with E-state index in [-0.39, 0.29) is 23.7 Å². The van der Waals surface area contributed by atoms with Crippen LogP contribution in [0, 0.1) is 0 Å². The van der Waals surface area contributed by atoms with Crippen molar-refractivity contribution in [3.05, 3.63) is 49.1 Å². The number of halogens is 2. The standard InChI is InChI=1S/C20H19F2N7O3S/c1-27-19-13(8-24-27)3-4-16(32-2)18(19)26-33(30,31)15-9-25-29(10-15)17-7-14(5-6-23-17)28-11-20(21,22)12-28/h3-10,26H,11-12H2,1-2H3. The summed E-state index contributed by atoms with van der Waals surface area (Å²) >= 11 is 0. The number of rotatable bonds is 6. The van der Waals surface area contributed by atoms with Crippen molar-refractivity contribution in [2.45, 2.75) is 10.8 Å². The lowest BCUT2D eigenvalue weighted by Crippen LogP contribution is -2.56. The summed E-state index contributed by atoms with van der Waals surface area (Å²) in [5.74, 6) is -2.07. The van der Waals surface area contributed by atoms with Gasteiger partial charge in [0.05, 0.1) is 44.3 Å². The Hall–Kier alpha value is -3.74. The molecule has 1 aromatic carbocycles. The van der Waals surface area contributed by atoms with Crippen molar-refractivity contribution in [3.63, 3.8) is 0 Å². The topological polar surface area (TPSA) is 107 Å². The lowest BCUT2D eigenvalue weighted by molar-refractivity contribution is -0.0262. The average molecular weight is 475 g/mol. The minimum Gasteiger partial charge on any atom is -0.494 e. The van der Waals surface area contributed by atoms with Crippen LogP contribution in [-0.2, 0) is 17.1 Å². The van der Waals surface area contributed by atoms with Gasteiger partial charge in [-0.3, -0.25) is 9.40 Å². The van der Waals surface area contributed by atoms with Crippen LogP contribution in [-0.4, -0.2) is 59.1 Å². The summed E-state index contributed by atoms with van der Waals surface area (Å²) in [7, 11) is -0.903. The third kappa shape index (κ3) is 3.73. The van der Waals surface area contributed by atoms with Crippen LogP contribution in [0.25, 0.3) is 16.7 Å². The van der Waals surface area contributed by atoms with Gasteiger partial charge in [0.2, 0.25) is 0 Å². The maximum absolute atomic E-state index is 13.2. The van der Waals surface area contributed by atoms with Crippen LogP contribution in [0.5, 0.6) is 5.75 Å². The number of aryl methyl sites for hydroxylation is 1. The third-order valence-electron chi connectivity index (χ3n) is 5.36. The number of alkyl halides is 2. The molecule has 1 saturated heterocycles. The van der Waals surface area contributed by atoms with Gasteiger partial charge in [-0.15, -0.1) is 0 Å². The molecule has 33 heavy (non-hydrogen) atoms. The van der Waals surface area contributed by atoms with Crippen LogP contribution in [0.15, 0.2) is 53.9 Å². The minimum atomic E-state index is -4.05. The predicted octanol–water partition coefficient (Wildman–Crippen LogP) is 2.42. The van der Waals surface area contributed by atoms with E-state index >= 15 is 0 Å². The van der Waals surface area contributed by atoms with Crippen molar-refractivity contribution in [2.75, 3.05) is 29.8 Å². The Morgan fingerprint density at radius 3 is 2.67 bits per heavy atom. The van der Waals surface area contributed by atoms with E-state index in [1.807, 2.05) is 0 Å². The molecule has 0 radical (unpaired) electrons. The second-order valence-corrected chi connectivity index (χ2v) is 9.34. The quantitative estimate of drug-likeness (QED) is 0.456. The lowest BCUT2D eigenvalue weighted by atomic mass is 10.1. The first-order chi connectivity index (χ1) is 15.7. The summed E-state index contributed by atoms with van der Waals surface area (Å²) < 4.78 is 63.4. The average Bonchev–Trinajstić information content (AvgIpc) is 3.40. The van der Waals surface area contributed by atoms with Gasteiger partial charge >= 0.3 is 0 Å². The highest BCUT2D eigenvalue weighted by Crippen LogP contribution is 2.35. The molecule has 172 valence electrons. The van der Waals surface area contributed by atoms with Crippen molar-refractivity contribution in [1.82, 2.24) is 24.5 Å². The fourth-order valence-electron chi connectivity index (χ4n) is 3.70. The van der Waals surface area contributed by atoms with Crippen LogP contribution in [0.1, 0.15) is 0 Å². The summed E-state index contributed by atoms with van der Waals surface area (Å²) in [6.45, 7) is -0.749. The molecule has 0 bridgehead atoms. The smallest absolute Gasteiger partial charge is 0.282 e. The fourth-order valence-corrected chi connectivity index (χ4v) is 4.71. The number of pyridine rings is 1. The lowest BCUT2D eigenvalue weighted by Gasteiger charge is -2.40. The Labute approximate surface area is 187 Å². The molecule has 0 aliphatic carbocycles. The number of anilines is 2. The number of benzene rings is 1. The Bertz CT molecular complexity index is 1460. The normalized spacial score (nSPS) is 15.5. The SMILES string of the molecule is COc1ccc2cnn(C)c2c1NS(=O)(=O)c1cnn(-c2cc(N3CC(F)(F)C3)ccn2)c1. The molecule has 0 amide bonds. The van der Waals surface area contributed by atoms with Gasteiger partial charge in [0.15, 0.2) is 5.82 Å². The molecule has 0 atom stereocenters. The minimum absolute atomic E-state index is 0.105. The second-order valence-electron chi connectivity index (χ2n) is 7.66. The van der Waals surface area contributed by atoms with Crippen molar-refractivity contribution in [2.24, 2.45) is 7.05 Å². The number of fused-ring (bicyclic) bond motifs is 1. The van der Waals surface area contributed by atoms with Crippen LogP contribution in [0.2, 0.25) is 0 Å². The zero-order valence-corrected chi connectivity index (χ0v) is 18.4. The molecule has 0 spiro atoms. The number of hydrogen-bond donors (Lipinski definition) is 1. The van der Waals surface area contributed by atoms with E-state index in [2.05, 4.69) is 19.9 Å². The fraction of sp³-hybridized carbons (Fsp3) is 0.250. The molecule has 1 fully saturated rings. The molecule has 4 heterocycles. The van der Waals surface area contributed by atoms with Gasteiger partial charge in [0.25, 0.3) is 15.9 Å². The number of hydrogen-bond acceptors (Lipinski definition) is 7. The molecule has 0 saturated carbocycles. The number of nitrogens with zero attached hydrogens (tertiary/aromatic N) is 6. The van der Waals surface area contributed by atoms with Crippen LogP contribution in [0.3, 0.4) is 0 Å². The Balaban J connectivity index is 1.45. The van der Waals surface area contributed by atoms with Gasteiger partial charge in [-0.2, -0.15) is 10.2 Å². The zero-order valence-electron chi connectivity index (χ0n) is 17.6. The van der Waals surface area contributed by atoms with Crippen molar-refractivity contribution in [1.29, 1.82) is 0 Å². The van der Waals surface area contributed by atoms with Gasteiger partial charge in [-0.1, -0.05) is 0 Å². The Morgan fingerprint density at radius 2 is 1.94 bits per heavy atom. The highest BCUT2D eigenvalue weighted by molar-refractivity contribution is 7.92. The van der Waals surface area contributed by atoms with Crippen LogP contribution >= 0.6 is 0 Å². The van der Waals surface area contributed by atoms with Gasteiger partial charge in [-0.05, 0) is 18.2 Å². The van der Waals surface area contributed by atoms with Gasteiger partial charge in [0.1, 0.15) is 16.3 Å². The molecule has 1 aliphatic rings. The number of nitrogens with one attached hydrogen (secondary N) is 1. The first-order valence-corrected chi connectivity index (χ1v) is 11.3. The second kappa shape index (κ2) is 7.40. The summed E-state index contributed by atoms with van der Waals surface area (Å²) in [5.41, 5.74) is 1.36. The van der Waals surface area contributed by atoms with Crippen molar-refractivity contribution >= 4 is 32.3 Å². The van der Waals surface area contributed by atoms with Crippen molar-refractivity contribution < 1.29 is 21.9 Å². The van der Waals surface area contributed by atoms with Gasteiger partial charge in [0, 0.05) is 30.4 Å². The predicted molar refractivity (Wildman–Crippen MR) is 117 cm³/mol. The van der Waals surface area contributed by atoms with Gasteiger partial charge in [-0.25, -0.2) is 26.9 Å². The van der Waals surface area contributed by atoms with E-state index in [1.165, 1.54) is 35.3 Å². The number of sulfonamides is 1. The molecule has 10 nitrogen and oxygen atoms in total. The number of methoxy groups -OCH3 is 1. The van der Waals surface area contributed by atoms with Crippen LogP contribution in [0.4, 0.5) is 20.2 Å². The molecule has 5 rings (SSSR count). The summed E-state index contributed by atoms with van der Waals surface area (Å²) in [5, 5.41) is 9.01. The number of ether oxygens (including phenoxy) is 1. The Kier molecular flexibility index (Phi) is 4.74. The van der Waals surface area contributed by atoms with E-state index in [9.17, 15) is 17.2 Å². The van der Waals surface area contributed by atoms with Gasteiger partial charge < -0.3 is 9.64 Å². The molecule has 0 unspecified atom stereocenters. The van der Waals surface area contributed by atoms with E-state index < -0.39 is 15.9 Å². The summed E-state index contributed by atoms with van der Waals surface area (Å²) in [6, 6.07) is 6.62. The molecule has 13 heteroatoms. The highest BCUT2D eigenvalue weighted by Gasteiger charge is 2.44. The van der Waals surface area contributed by atoms with E-state index in [1.54, 1.807) is 42.2 Å². The first-order valence-electron chi connectivity index (χ1n) is 9.82. The van der Waals surface area contributed by atoms with E-state index in [0.717, 1.165) is 5.39 Å². The maximum atomic E-state index is 13.2. The van der Waals surface area contributed by atoms with E-state index in [4.69, 9.17) is 4.74 Å². The largest absolute Gasteiger partial charge is 0.494 e. The molecule has 4 aromatic rings. The maximum Gasteiger partial charge on any atom is 0.282 e. The molecule has 1 N–H and O–H groups in total. The van der Waals surface area contributed by atoms with Crippen LogP contribution < -0.4 is 14.4 Å². The summed E-state index contributed by atoms with van der Waals surface area (Å²) in [4.78, 5) is 5.58. The molecule has 1 aliphatic heterocycles. The third-order valence-corrected chi connectivity index (χ3v) is 6.67. The molecular formula is C20H19F2N7O3S. The molecule has 3 aromatic heterocycles. The van der Waals surface area contributed by atoms with Crippen molar-refractivity contribution in [3.8, 4) is 11.6 Å². The number of aromatic nitrogens is 5. The summed E-state index contributed by atoms with van der Waals surface area (Å²) in [6.07, 6.45) is 5.57. The van der Waals surface area contributed by atoms with E-state index in [0.29, 0.717) is 22.8 Å². The molecular weight excluding hydrogens is 456 g/mol. The zero-order chi connectivity index (χ0) is 23.4. The highest BCUT2D eigenvalue weighted by atomic mass is 32.2.